The molecule has 3 aliphatic rings. The molecule has 2 aliphatic carbocycles. The molecule has 5 nitrogen and oxygen atoms in total. The number of piperidine rings is 1. The van der Waals surface area contributed by atoms with Gasteiger partial charge in [-0.1, -0.05) is 12.0 Å². The van der Waals surface area contributed by atoms with Crippen LogP contribution in [0.2, 0.25) is 0 Å². The highest BCUT2D eigenvalue weighted by molar-refractivity contribution is 5.97. The Bertz CT molecular complexity index is 571. The van der Waals surface area contributed by atoms with Crippen LogP contribution in [0.1, 0.15) is 58.3 Å². The van der Waals surface area contributed by atoms with Gasteiger partial charge in [-0.2, -0.15) is 0 Å². The van der Waals surface area contributed by atoms with Gasteiger partial charge in [-0.15, -0.1) is 0 Å². The second-order valence-electron chi connectivity index (χ2n) is 6.92. The predicted octanol–water partition coefficient (Wildman–Crippen LogP) is 2.68. The van der Waals surface area contributed by atoms with Crippen LogP contribution in [0.4, 0.5) is 0 Å². The number of esters is 1. The summed E-state index contributed by atoms with van der Waals surface area (Å²) < 4.78 is 5.24. The lowest BCUT2D eigenvalue weighted by molar-refractivity contribution is -0.138. The van der Waals surface area contributed by atoms with Gasteiger partial charge in [-0.3, -0.25) is 9.69 Å². The maximum atomic E-state index is 12.4. The number of likely N-dealkylation sites (tertiary alicyclic amines) is 1. The Hall–Kier alpha value is -1.62. The molecule has 24 heavy (non-hydrogen) atoms. The lowest BCUT2D eigenvalue weighted by Crippen LogP contribution is -2.39. The molecule has 132 valence electrons. The molecule has 0 spiro atoms. The lowest BCUT2D eigenvalue weighted by atomic mass is 9.91. The molecule has 0 radical (unpaired) electrons. The van der Waals surface area contributed by atoms with E-state index < -0.39 is 0 Å². The van der Waals surface area contributed by atoms with Crippen LogP contribution in [-0.2, 0) is 14.3 Å². The average Bonchev–Trinajstić information content (AvgIpc) is 2.93. The molecule has 1 saturated heterocycles. The lowest BCUT2D eigenvalue weighted by Gasteiger charge is -2.25. The topological polar surface area (TPSA) is 58.6 Å². The zero-order valence-electron chi connectivity index (χ0n) is 14.7. The van der Waals surface area contributed by atoms with Gasteiger partial charge in [-0.25, -0.2) is 4.79 Å². The molecule has 1 heterocycles. The Labute approximate surface area is 144 Å². The molecule has 1 amide bonds. The Balaban J connectivity index is 1.70. The molecular formula is C19H28N2O3. The van der Waals surface area contributed by atoms with Crippen LogP contribution in [0.3, 0.4) is 0 Å². The van der Waals surface area contributed by atoms with Gasteiger partial charge in [0.2, 0.25) is 5.91 Å². The summed E-state index contributed by atoms with van der Waals surface area (Å²) in [4.78, 5) is 27.0. The van der Waals surface area contributed by atoms with E-state index in [1.165, 1.54) is 31.3 Å². The molecule has 5 heteroatoms. The molecular weight excluding hydrogens is 304 g/mol. The van der Waals surface area contributed by atoms with Crippen LogP contribution in [0.5, 0.6) is 0 Å². The summed E-state index contributed by atoms with van der Waals surface area (Å²) in [6.07, 6.45) is 8.53. The summed E-state index contributed by atoms with van der Waals surface area (Å²) in [7, 11) is 0. The van der Waals surface area contributed by atoms with E-state index in [0.29, 0.717) is 25.1 Å². The van der Waals surface area contributed by atoms with Gasteiger partial charge in [-0.05, 0) is 64.1 Å². The van der Waals surface area contributed by atoms with Crippen molar-refractivity contribution in [2.45, 2.75) is 58.3 Å². The van der Waals surface area contributed by atoms with Crippen LogP contribution in [-0.4, -0.2) is 43.0 Å². The van der Waals surface area contributed by atoms with Crippen molar-refractivity contribution in [2.24, 2.45) is 0 Å². The minimum atomic E-state index is -0.280. The number of rotatable bonds is 5. The summed E-state index contributed by atoms with van der Waals surface area (Å²) in [5, 5.41) is 3.03. The fraction of sp³-hybridized carbons (Fsp3) is 0.684. The van der Waals surface area contributed by atoms with Gasteiger partial charge in [0.05, 0.1) is 18.7 Å². The largest absolute Gasteiger partial charge is 0.462 e. The van der Waals surface area contributed by atoms with E-state index in [4.69, 9.17) is 4.74 Å². The van der Waals surface area contributed by atoms with E-state index in [9.17, 15) is 9.59 Å². The number of hydrogen-bond donors (Lipinski definition) is 1. The second kappa shape index (κ2) is 7.97. The molecule has 0 unspecified atom stereocenters. The molecule has 0 bridgehead atoms. The number of carbonyl (C=O) groups is 2. The van der Waals surface area contributed by atoms with Crippen molar-refractivity contribution in [3.8, 4) is 0 Å². The third-order valence-electron chi connectivity index (χ3n) is 5.16. The van der Waals surface area contributed by atoms with E-state index in [-0.39, 0.29) is 11.9 Å². The minimum absolute atomic E-state index is 0.00598. The summed E-state index contributed by atoms with van der Waals surface area (Å²) in [6, 6.07) is 0. The van der Waals surface area contributed by atoms with Crippen molar-refractivity contribution in [3.63, 3.8) is 0 Å². The number of carbonyl (C=O) groups excluding carboxylic acids is 2. The van der Waals surface area contributed by atoms with Gasteiger partial charge in [0.25, 0.3) is 0 Å². The highest BCUT2D eigenvalue weighted by Crippen LogP contribution is 2.40. The van der Waals surface area contributed by atoms with Gasteiger partial charge in [0.15, 0.2) is 0 Å². The number of allylic oxidation sites excluding steroid dienone is 1. The maximum Gasteiger partial charge on any atom is 0.340 e. The Morgan fingerprint density at radius 3 is 2.58 bits per heavy atom. The summed E-state index contributed by atoms with van der Waals surface area (Å²) in [5.41, 5.74) is 3.85. The maximum absolute atomic E-state index is 12.4. The minimum Gasteiger partial charge on any atom is -0.462 e. The monoisotopic (exact) mass is 332 g/mol. The van der Waals surface area contributed by atoms with E-state index in [1.54, 1.807) is 0 Å². The van der Waals surface area contributed by atoms with Crippen LogP contribution >= 0.6 is 0 Å². The van der Waals surface area contributed by atoms with Crippen LogP contribution in [0, 0.1) is 0 Å². The fourth-order valence-electron chi connectivity index (χ4n) is 4.03. The number of ether oxygens (including phenoxy) is 1. The SMILES string of the molecule is CCOC(=O)C1=C(NC(=O)CN2CCCCC2)CC2=C1CCCC2. The molecule has 0 saturated carbocycles. The smallest absolute Gasteiger partial charge is 0.340 e. The van der Waals surface area contributed by atoms with Gasteiger partial charge in [0.1, 0.15) is 0 Å². The van der Waals surface area contributed by atoms with Crippen molar-refractivity contribution in [2.75, 3.05) is 26.2 Å². The van der Waals surface area contributed by atoms with E-state index in [2.05, 4.69) is 10.2 Å². The molecule has 1 N–H and O–H groups in total. The average molecular weight is 332 g/mol. The van der Waals surface area contributed by atoms with Crippen molar-refractivity contribution in [1.82, 2.24) is 10.2 Å². The predicted molar refractivity (Wildman–Crippen MR) is 92.2 cm³/mol. The zero-order valence-corrected chi connectivity index (χ0v) is 14.7. The quantitative estimate of drug-likeness (QED) is 0.787. The van der Waals surface area contributed by atoms with Gasteiger partial charge < -0.3 is 10.1 Å². The molecule has 0 atom stereocenters. The first-order chi connectivity index (χ1) is 11.7. The highest BCUT2D eigenvalue weighted by atomic mass is 16.5. The highest BCUT2D eigenvalue weighted by Gasteiger charge is 2.32. The van der Waals surface area contributed by atoms with Crippen LogP contribution < -0.4 is 5.32 Å². The first-order valence-electron chi connectivity index (χ1n) is 9.32. The molecule has 0 aromatic heterocycles. The molecule has 1 aliphatic heterocycles. The Kier molecular flexibility index (Phi) is 5.72. The summed E-state index contributed by atoms with van der Waals surface area (Å²) in [5.74, 6) is -0.286. The standard InChI is InChI=1S/C19H28N2O3/c1-2-24-19(23)18-15-9-5-4-8-14(15)12-16(18)20-17(22)13-21-10-6-3-7-11-21/h2-13H2,1H3,(H,20,22). The van der Waals surface area contributed by atoms with Crippen LogP contribution in [0.15, 0.2) is 22.4 Å². The molecule has 3 rings (SSSR count). The van der Waals surface area contributed by atoms with Crippen LogP contribution in [0.25, 0.3) is 0 Å². The number of hydrogen-bond acceptors (Lipinski definition) is 4. The normalized spacial score (nSPS) is 21.7. The van der Waals surface area contributed by atoms with E-state index >= 15 is 0 Å². The number of nitrogens with zero attached hydrogens (tertiary/aromatic N) is 1. The number of amides is 1. The number of nitrogens with one attached hydrogen (secondary N) is 1. The van der Waals surface area contributed by atoms with Crippen molar-refractivity contribution >= 4 is 11.9 Å². The summed E-state index contributed by atoms with van der Waals surface area (Å²) >= 11 is 0. The molecule has 0 aromatic rings. The molecule has 1 fully saturated rings. The summed E-state index contributed by atoms with van der Waals surface area (Å²) in [6.45, 7) is 4.58. The van der Waals surface area contributed by atoms with Crippen molar-refractivity contribution in [1.29, 1.82) is 0 Å². The Morgan fingerprint density at radius 1 is 1.08 bits per heavy atom. The zero-order chi connectivity index (χ0) is 16.9. The second-order valence-corrected chi connectivity index (χ2v) is 6.92. The van der Waals surface area contributed by atoms with E-state index in [0.717, 1.165) is 43.6 Å². The fourth-order valence-corrected chi connectivity index (χ4v) is 4.03. The molecule has 0 aromatic carbocycles. The van der Waals surface area contributed by atoms with Crippen molar-refractivity contribution < 1.29 is 14.3 Å². The van der Waals surface area contributed by atoms with E-state index in [1.807, 2.05) is 6.92 Å². The third kappa shape index (κ3) is 3.89. The first-order valence-corrected chi connectivity index (χ1v) is 9.32. The Morgan fingerprint density at radius 2 is 1.83 bits per heavy atom. The van der Waals surface area contributed by atoms with Gasteiger partial charge >= 0.3 is 5.97 Å². The third-order valence-corrected chi connectivity index (χ3v) is 5.16. The first kappa shape index (κ1) is 17.2. The van der Waals surface area contributed by atoms with Crippen molar-refractivity contribution in [3.05, 3.63) is 22.4 Å². The van der Waals surface area contributed by atoms with Gasteiger partial charge in [0, 0.05) is 12.1 Å².